The number of nitro benzene ring substituents is 3. The Kier molecular flexibility index (Phi) is 27.2. The standard InChI is InChI=1S/C28H26ClN3O5.C20H17NO5.C14H13NO5.C13H11NO5/c1-33-21-9-10-24(34-2)25(14-21)37-20-7-5-19(6-8-20)32-27-22-13-18(16-30)17-31-23(22)15-26(28(27)35-3)36-12-4-11-29;1-24-19-12-11-18(25-14-15-5-3-2-4-6-15)13-20(19)26-17-9-7-16(8-10-17)21(22)23;1-18-12-7-8-13(19-2)14(9-12)20-11-5-3-10(4-6-11)15(16)17;1-18-12-7-4-10(15)8-13(12)19-11-5-2-9(3-6-11)14(16)17/h5-10,13-15,17,32H,4,11-12H2,1-3H3;2-13H,14H2,1H3;3-9H,1-2H3;2-8,15H,1H3. The minimum absolute atomic E-state index is 0.00394. The summed E-state index contributed by atoms with van der Waals surface area (Å²) in [6.45, 7) is 0.866. The average Bonchev–Trinajstić information content (AvgIpc) is 0.775. The van der Waals surface area contributed by atoms with Crippen LogP contribution in [-0.4, -0.2) is 87.1 Å². The number of pyridine rings is 1. The molecule has 10 aromatic carbocycles. The van der Waals surface area contributed by atoms with Crippen molar-refractivity contribution in [3.63, 3.8) is 0 Å². The Morgan fingerprint density at radius 2 is 0.863 bits per heavy atom. The molecule has 0 atom stereocenters. The summed E-state index contributed by atoms with van der Waals surface area (Å²) in [5.74, 6) is 9.37. The molecule has 0 saturated carbocycles. The van der Waals surface area contributed by atoms with E-state index in [0.717, 1.165) is 16.6 Å². The molecule has 0 aliphatic heterocycles. The summed E-state index contributed by atoms with van der Waals surface area (Å²) in [6, 6.07) is 60.4. The fraction of sp³-hybridized carbons (Fsp3) is 0.147. The number of hydrogen-bond acceptors (Lipinski definition) is 23. The number of anilines is 2. The van der Waals surface area contributed by atoms with E-state index in [0.29, 0.717) is 140 Å². The van der Waals surface area contributed by atoms with Gasteiger partial charge >= 0.3 is 0 Å². The SMILES string of the molecule is COc1ccc(O)cc1Oc1ccc([N+](=O)[O-])cc1.COc1ccc(OC)c(Oc2ccc(Nc3c(OC)c(OCCCCl)cc4ncc(C#N)cc34)cc2)c1.COc1ccc(OC)c(Oc2ccc([N+](=O)[O-])cc2)c1.COc1ccc(OCc2ccccc2)cc1Oc1ccc([N+](=O)[O-])cc1. The first-order chi connectivity index (χ1) is 49.5. The summed E-state index contributed by atoms with van der Waals surface area (Å²) < 4.78 is 71.9. The number of nitrogens with one attached hydrogen (secondary N) is 1. The molecule has 11 aromatic rings. The van der Waals surface area contributed by atoms with Crippen molar-refractivity contribution in [3.05, 3.63) is 260 Å². The molecule has 0 unspecified atom stereocenters. The maximum Gasteiger partial charge on any atom is 0.269 e. The second-order valence-electron chi connectivity index (χ2n) is 20.8. The number of halogens is 1. The van der Waals surface area contributed by atoms with Crippen LogP contribution in [-0.2, 0) is 6.61 Å². The molecule has 11 rings (SSSR count). The Hall–Kier alpha value is -13.4. The van der Waals surface area contributed by atoms with Crippen LogP contribution < -0.4 is 66.9 Å². The normalized spacial score (nSPS) is 10.2. The third-order valence-electron chi connectivity index (χ3n) is 14.2. The molecule has 26 nitrogen and oxygen atoms in total. The Balaban J connectivity index is 0.000000179. The van der Waals surface area contributed by atoms with E-state index >= 15 is 0 Å². The van der Waals surface area contributed by atoms with Gasteiger partial charge in [-0.15, -0.1) is 11.6 Å². The maximum absolute atomic E-state index is 10.7. The Morgan fingerprint density at radius 1 is 0.451 bits per heavy atom. The molecule has 0 radical (unpaired) electrons. The first-order valence-electron chi connectivity index (χ1n) is 30.6. The Labute approximate surface area is 590 Å². The van der Waals surface area contributed by atoms with Crippen molar-refractivity contribution in [1.82, 2.24) is 4.98 Å². The van der Waals surface area contributed by atoms with E-state index < -0.39 is 14.8 Å². The minimum Gasteiger partial charge on any atom is -0.508 e. The number of fused-ring (bicyclic) bond motifs is 1. The molecule has 102 heavy (non-hydrogen) atoms. The van der Waals surface area contributed by atoms with Crippen molar-refractivity contribution in [2.24, 2.45) is 0 Å². The zero-order valence-corrected chi connectivity index (χ0v) is 56.7. The van der Waals surface area contributed by atoms with E-state index in [9.17, 15) is 40.7 Å². The lowest BCUT2D eigenvalue weighted by Gasteiger charge is -2.18. The molecule has 1 aromatic heterocycles. The van der Waals surface area contributed by atoms with Crippen LogP contribution in [0.3, 0.4) is 0 Å². The number of alkyl halides is 1. The van der Waals surface area contributed by atoms with Gasteiger partial charge in [-0.3, -0.25) is 35.3 Å². The molecule has 0 saturated heterocycles. The lowest BCUT2D eigenvalue weighted by molar-refractivity contribution is -0.385. The molecule has 0 bridgehead atoms. The summed E-state index contributed by atoms with van der Waals surface area (Å²) in [5.41, 5.74) is 3.55. The highest BCUT2D eigenvalue weighted by atomic mass is 35.5. The summed E-state index contributed by atoms with van der Waals surface area (Å²) in [7, 11) is 10.9. The zero-order valence-electron chi connectivity index (χ0n) is 55.9. The van der Waals surface area contributed by atoms with Crippen LogP contribution in [0.1, 0.15) is 17.5 Å². The van der Waals surface area contributed by atoms with Crippen molar-refractivity contribution in [2.45, 2.75) is 13.0 Å². The van der Waals surface area contributed by atoms with Crippen molar-refractivity contribution >= 4 is 50.9 Å². The topological polar surface area (TPSA) is 318 Å². The van der Waals surface area contributed by atoms with Gasteiger partial charge in [-0.25, -0.2) is 0 Å². The number of nitrogens with zero attached hydrogens (tertiary/aromatic N) is 5. The number of ether oxygens (including phenoxy) is 13. The van der Waals surface area contributed by atoms with Crippen LogP contribution in [0.2, 0.25) is 0 Å². The van der Waals surface area contributed by atoms with Crippen LogP contribution in [0.4, 0.5) is 28.4 Å². The van der Waals surface area contributed by atoms with Gasteiger partial charge in [0.2, 0.25) is 0 Å². The van der Waals surface area contributed by atoms with Gasteiger partial charge in [-0.2, -0.15) is 5.26 Å². The molecule has 27 heteroatoms. The number of non-ortho nitro benzene ring substituents is 3. The number of phenolic OH excluding ortho intramolecular Hbond substituents is 1. The van der Waals surface area contributed by atoms with Gasteiger partial charge in [0.15, 0.2) is 57.5 Å². The first kappa shape index (κ1) is 74.4. The van der Waals surface area contributed by atoms with Gasteiger partial charge in [0, 0.05) is 89.9 Å². The number of benzene rings is 10. The predicted octanol–water partition coefficient (Wildman–Crippen LogP) is 18.2. The third kappa shape index (κ3) is 21.1. The molecule has 0 amide bonds. The molecule has 2 N–H and O–H groups in total. The molecule has 0 aliphatic rings. The number of phenols is 1. The van der Waals surface area contributed by atoms with Gasteiger partial charge in [0.25, 0.3) is 17.1 Å². The monoisotopic (exact) mass is 1410 g/mol. The molecule has 524 valence electrons. The van der Waals surface area contributed by atoms with E-state index in [1.807, 2.05) is 54.6 Å². The average molecular weight is 1410 g/mol. The number of aromatic nitrogens is 1. The second-order valence-corrected chi connectivity index (χ2v) is 21.2. The highest BCUT2D eigenvalue weighted by molar-refractivity contribution is 6.17. The van der Waals surface area contributed by atoms with Crippen LogP contribution in [0.25, 0.3) is 10.9 Å². The summed E-state index contributed by atoms with van der Waals surface area (Å²) in [5, 5.41) is 54.8. The van der Waals surface area contributed by atoms with Gasteiger partial charge in [-0.05, 0) is 127 Å². The minimum atomic E-state index is -0.487. The first-order valence-corrected chi connectivity index (χ1v) is 31.1. The number of methoxy groups -OCH3 is 7. The third-order valence-corrected chi connectivity index (χ3v) is 14.5. The molecule has 1 heterocycles. The second kappa shape index (κ2) is 37.4. The predicted molar refractivity (Wildman–Crippen MR) is 381 cm³/mol. The van der Waals surface area contributed by atoms with Gasteiger partial charge in [0.1, 0.15) is 58.7 Å². The van der Waals surface area contributed by atoms with Crippen LogP contribution in [0.15, 0.2) is 219 Å². The highest BCUT2D eigenvalue weighted by Gasteiger charge is 2.20. The number of hydrogen-bond donors (Lipinski definition) is 2. The van der Waals surface area contributed by atoms with E-state index in [4.69, 9.17) is 73.2 Å². The van der Waals surface area contributed by atoms with E-state index in [-0.39, 0.29) is 22.8 Å². The van der Waals surface area contributed by atoms with Crippen molar-refractivity contribution < 1.29 is 81.5 Å². The maximum atomic E-state index is 10.7. The van der Waals surface area contributed by atoms with Crippen LogP contribution in [0.5, 0.6) is 103 Å². The van der Waals surface area contributed by atoms with E-state index in [2.05, 4.69) is 16.4 Å². The van der Waals surface area contributed by atoms with Gasteiger partial charge < -0.3 is 72.0 Å². The van der Waals surface area contributed by atoms with Crippen LogP contribution >= 0.6 is 11.6 Å². The van der Waals surface area contributed by atoms with Crippen LogP contribution in [0, 0.1) is 41.7 Å². The highest BCUT2D eigenvalue weighted by Crippen LogP contribution is 2.45. The number of rotatable bonds is 27. The molecular weight excluding hydrogens is 1340 g/mol. The lowest BCUT2D eigenvalue weighted by Crippen LogP contribution is -2.03. The van der Waals surface area contributed by atoms with E-state index in [1.165, 1.54) is 105 Å². The smallest absolute Gasteiger partial charge is 0.269 e. The van der Waals surface area contributed by atoms with Gasteiger partial charge in [-0.1, -0.05) is 30.3 Å². The van der Waals surface area contributed by atoms with Crippen molar-refractivity contribution in [2.75, 3.05) is 67.6 Å². The van der Waals surface area contributed by atoms with Crippen molar-refractivity contribution in [3.8, 4) is 110 Å². The van der Waals surface area contributed by atoms with Gasteiger partial charge in [0.05, 0.1) is 87.9 Å². The molecule has 0 spiro atoms. The molecular formula is C75H67ClN6O20. The number of nitro groups is 3. The Bertz CT molecular complexity index is 4650. The lowest BCUT2D eigenvalue weighted by atomic mass is 10.1. The Morgan fingerprint density at radius 3 is 1.27 bits per heavy atom. The summed E-state index contributed by atoms with van der Waals surface area (Å²) in [4.78, 5) is 34.9. The summed E-state index contributed by atoms with van der Waals surface area (Å²) >= 11 is 5.81. The quantitative estimate of drug-likeness (QED) is 0.0209. The largest absolute Gasteiger partial charge is 0.508 e. The van der Waals surface area contributed by atoms with E-state index in [1.54, 1.807) is 108 Å². The number of aromatic hydroxyl groups is 1. The molecule has 0 fully saturated rings. The fourth-order valence-electron chi connectivity index (χ4n) is 9.16. The molecule has 0 aliphatic carbocycles. The zero-order chi connectivity index (χ0) is 72.9. The van der Waals surface area contributed by atoms with Crippen molar-refractivity contribution in [1.29, 1.82) is 5.26 Å². The fourth-order valence-corrected chi connectivity index (χ4v) is 9.27. The number of nitriles is 1. The summed E-state index contributed by atoms with van der Waals surface area (Å²) in [6.07, 6.45) is 2.21.